The third kappa shape index (κ3) is 5.24. The second kappa shape index (κ2) is 9.61. The van der Waals surface area contributed by atoms with Crippen LogP contribution in [0.1, 0.15) is 34.8 Å². The number of nitrogens with zero attached hydrogens (tertiary/aromatic N) is 4. The summed E-state index contributed by atoms with van der Waals surface area (Å²) in [5.41, 5.74) is 2.00. The topological polar surface area (TPSA) is 132 Å². The Balaban J connectivity index is 1.15. The van der Waals surface area contributed by atoms with Gasteiger partial charge < -0.3 is 19.6 Å². The summed E-state index contributed by atoms with van der Waals surface area (Å²) >= 11 is 0. The molecule has 36 heavy (non-hydrogen) atoms. The predicted octanol–water partition coefficient (Wildman–Crippen LogP) is 3.05. The molecule has 2 aromatic heterocycles. The third-order valence-corrected chi connectivity index (χ3v) is 6.04. The maximum atomic E-state index is 13.2. The van der Waals surface area contributed by atoms with E-state index < -0.39 is 5.97 Å². The minimum atomic E-state index is -1.17. The van der Waals surface area contributed by atoms with Gasteiger partial charge in [-0.25, -0.2) is 18.9 Å². The number of aromatic carboxylic acids is 1. The molecular formula is C25H22FN5O5. The normalized spacial score (nSPS) is 13.8. The fourth-order valence-corrected chi connectivity index (χ4v) is 3.86. The van der Waals surface area contributed by atoms with Crippen LogP contribution in [0.25, 0.3) is 11.3 Å². The Hall–Kier alpha value is -4.54. The van der Waals surface area contributed by atoms with Gasteiger partial charge in [0, 0.05) is 17.5 Å². The van der Waals surface area contributed by atoms with Crippen LogP contribution < -0.4 is 10.1 Å². The van der Waals surface area contributed by atoms with Crippen LogP contribution in [-0.4, -0.2) is 50.1 Å². The van der Waals surface area contributed by atoms with Crippen molar-refractivity contribution in [2.24, 2.45) is 0 Å². The summed E-state index contributed by atoms with van der Waals surface area (Å²) in [6, 6.07) is 13.5. The molecule has 1 aliphatic carbocycles. The number of nitrogens with one attached hydrogen (secondary N) is 1. The fraction of sp³-hybridized carbons (Fsp3) is 0.240. The average molecular weight is 491 g/mol. The number of halogens is 1. The van der Waals surface area contributed by atoms with Crippen LogP contribution in [0.3, 0.4) is 0 Å². The monoisotopic (exact) mass is 491 g/mol. The molecule has 0 unspecified atom stereocenters. The first kappa shape index (κ1) is 23.2. The molecule has 5 rings (SSSR count). The molecular weight excluding hydrogens is 469 g/mol. The highest BCUT2D eigenvalue weighted by Gasteiger charge is 2.44. The van der Waals surface area contributed by atoms with E-state index in [0.717, 1.165) is 30.2 Å². The van der Waals surface area contributed by atoms with Gasteiger partial charge in [0.25, 0.3) is 5.91 Å². The van der Waals surface area contributed by atoms with E-state index in [-0.39, 0.29) is 41.9 Å². The first-order valence-corrected chi connectivity index (χ1v) is 11.2. The van der Waals surface area contributed by atoms with E-state index in [1.54, 1.807) is 36.5 Å². The van der Waals surface area contributed by atoms with Crippen molar-refractivity contribution < 1.29 is 28.2 Å². The second-order valence-corrected chi connectivity index (χ2v) is 8.61. The molecule has 1 amide bonds. The van der Waals surface area contributed by atoms with Gasteiger partial charge in [0.2, 0.25) is 5.89 Å². The standard InChI is InChI=1S/C25H22FN5O5/c26-18-6-4-17(5-7-18)25(8-9-25)15-27-22(32)14-35-19-3-1-2-16(10-19)20-11-31(30-29-20)12-23-28-21(13-36-23)24(33)34/h1-7,10-11,13H,8-9,12,14-15H2,(H,27,32)(H,33,34). The van der Waals surface area contributed by atoms with Crippen molar-refractivity contribution in [2.45, 2.75) is 24.8 Å². The highest BCUT2D eigenvalue weighted by molar-refractivity contribution is 5.84. The Labute approximate surface area is 204 Å². The molecule has 2 aromatic carbocycles. The Morgan fingerprint density at radius 3 is 2.72 bits per heavy atom. The lowest BCUT2D eigenvalue weighted by atomic mass is 9.96. The van der Waals surface area contributed by atoms with Gasteiger partial charge in [-0.15, -0.1) is 5.10 Å². The highest BCUT2D eigenvalue weighted by atomic mass is 19.1. The molecule has 0 bridgehead atoms. The minimum absolute atomic E-state index is 0.121. The van der Waals surface area contributed by atoms with Crippen LogP contribution in [0.15, 0.2) is 65.4 Å². The number of carboxylic acids is 1. The number of amides is 1. The highest BCUT2D eigenvalue weighted by Crippen LogP contribution is 2.47. The van der Waals surface area contributed by atoms with E-state index in [0.29, 0.717) is 18.0 Å². The van der Waals surface area contributed by atoms with Crippen molar-refractivity contribution in [3.63, 3.8) is 0 Å². The molecule has 0 radical (unpaired) electrons. The van der Waals surface area contributed by atoms with Gasteiger partial charge >= 0.3 is 5.97 Å². The molecule has 0 atom stereocenters. The van der Waals surface area contributed by atoms with E-state index in [2.05, 4.69) is 20.6 Å². The number of rotatable bonds is 10. The lowest BCUT2D eigenvalue weighted by Crippen LogP contribution is -2.35. The molecule has 0 aliphatic heterocycles. The van der Waals surface area contributed by atoms with Gasteiger partial charge in [-0.1, -0.05) is 29.5 Å². The van der Waals surface area contributed by atoms with E-state index in [1.807, 2.05) is 6.07 Å². The third-order valence-electron chi connectivity index (χ3n) is 6.04. The summed E-state index contributed by atoms with van der Waals surface area (Å²) in [4.78, 5) is 27.2. The van der Waals surface area contributed by atoms with Gasteiger partial charge in [-0.2, -0.15) is 0 Å². The van der Waals surface area contributed by atoms with E-state index in [4.69, 9.17) is 14.3 Å². The van der Waals surface area contributed by atoms with Crippen LogP contribution >= 0.6 is 0 Å². The summed E-state index contributed by atoms with van der Waals surface area (Å²) in [6.07, 6.45) is 4.62. The summed E-state index contributed by atoms with van der Waals surface area (Å²) in [5.74, 6) is -1.00. The largest absolute Gasteiger partial charge is 0.484 e. The number of aromatic nitrogens is 4. The van der Waals surface area contributed by atoms with Gasteiger partial charge in [-0.3, -0.25) is 4.79 Å². The lowest BCUT2D eigenvalue weighted by molar-refractivity contribution is -0.123. The van der Waals surface area contributed by atoms with Crippen LogP contribution in [0.5, 0.6) is 5.75 Å². The van der Waals surface area contributed by atoms with E-state index >= 15 is 0 Å². The molecule has 1 fully saturated rings. The van der Waals surface area contributed by atoms with Gasteiger partial charge in [-0.05, 0) is 42.7 Å². The fourth-order valence-electron chi connectivity index (χ4n) is 3.86. The van der Waals surface area contributed by atoms with Crippen LogP contribution in [-0.2, 0) is 16.8 Å². The Morgan fingerprint density at radius 2 is 2.00 bits per heavy atom. The van der Waals surface area contributed by atoms with Crippen molar-refractivity contribution in [1.82, 2.24) is 25.3 Å². The number of ether oxygens (including phenoxy) is 1. The van der Waals surface area contributed by atoms with Crippen molar-refractivity contribution in [1.29, 1.82) is 0 Å². The van der Waals surface area contributed by atoms with Crippen molar-refractivity contribution in [3.8, 4) is 17.0 Å². The van der Waals surface area contributed by atoms with Crippen LogP contribution in [0.2, 0.25) is 0 Å². The maximum Gasteiger partial charge on any atom is 0.357 e. The second-order valence-electron chi connectivity index (χ2n) is 8.61. The molecule has 0 saturated heterocycles. The van der Waals surface area contributed by atoms with E-state index in [9.17, 15) is 14.0 Å². The van der Waals surface area contributed by atoms with Crippen LogP contribution in [0.4, 0.5) is 4.39 Å². The first-order valence-electron chi connectivity index (χ1n) is 11.2. The molecule has 2 heterocycles. The van der Waals surface area contributed by atoms with Gasteiger partial charge in [0.05, 0.1) is 6.20 Å². The number of carboxylic acid groups (broad SMARTS) is 1. The molecule has 0 spiro atoms. The number of hydrogen-bond donors (Lipinski definition) is 2. The minimum Gasteiger partial charge on any atom is -0.484 e. The Kier molecular flexibility index (Phi) is 6.19. The van der Waals surface area contributed by atoms with Crippen molar-refractivity contribution >= 4 is 11.9 Å². The smallest absolute Gasteiger partial charge is 0.357 e. The summed E-state index contributed by atoms with van der Waals surface area (Å²) < 4.78 is 25.5. The average Bonchev–Trinajstić information content (AvgIpc) is 3.28. The zero-order valence-corrected chi connectivity index (χ0v) is 19.1. The number of carbonyl (C=O) groups is 2. The quantitative estimate of drug-likeness (QED) is 0.346. The summed E-state index contributed by atoms with van der Waals surface area (Å²) in [7, 11) is 0. The Morgan fingerprint density at radius 1 is 1.19 bits per heavy atom. The molecule has 10 nitrogen and oxygen atoms in total. The van der Waals surface area contributed by atoms with E-state index in [1.165, 1.54) is 16.8 Å². The van der Waals surface area contributed by atoms with Crippen LogP contribution in [0, 0.1) is 5.82 Å². The lowest BCUT2D eigenvalue weighted by Gasteiger charge is -2.17. The first-order chi connectivity index (χ1) is 17.4. The molecule has 2 N–H and O–H groups in total. The molecule has 11 heteroatoms. The SMILES string of the molecule is O=C(COc1cccc(-c2cn(Cc3nc(C(=O)O)co3)nn2)c1)NCC1(c2ccc(F)cc2)CC1. The van der Waals surface area contributed by atoms with Gasteiger partial charge in [0.1, 0.15) is 30.1 Å². The number of benzene rings is 2. The number of carbonyl (C=O) groups excluding carboxylic acids is 1. The predicted molar refractivity (Wildman–Crippen MR) is 124 cm³/mol. The summed E-state index contributed by atoms with van der Waals surface area (Å²) in [5, 5.41) is 20.0. The zero-order valence-electron chi connectivity index (χ0n) is 19.1. The van der Waals surface area contributed by atoms with Gasteiger partial charge in [0.15, 0.2) is 12.3 Å². The van der Waals surface area contributed by atoms with Crippen molar-refractivity contribution in [2.75, 3.05) is 13.2 Å². The summed E-state index contributed by atoms with van der Waals surface area (Å²) in [6.45, 7) is 0.449. The molecule has 4 aromatic rings. The molecule has 1 saturated carbocycles. The maximum absolute atomic E-state index is 13.2. The Bertz CT molecular complexity index is 1390. The number of hydrogen-bond acceptors (Lipinski definition) is 7. The molecule has 184 valence electrons. The molecule has 1 aliphatic rings. The number of oxazole rings is 1. The zero-order chi connectivity index (χ0) is 25.1. The van der Waals surface area contributed by atoms with Crippen molar-refractivity contribution in [3.05, 3.63) is 84.0 Å².